The molecule has 0 aromatic heterocycles. The van der Waals surface area contributed by atoms with Crippen LogP contribution < -0.4 is 0 Å². The van der Waals surface area contributed by atoms with Gasteiger partial charge in [0, 0.05) is 18.6 Å². The van der Waals surface area contributed by atoms with Crippen molar-refractivity contribution in [3.8, 4) is 0 Å². The minimum absolute atomic E-state index is 0.289. The summed E-state index contributed by atoms with van der Waals surface area (Å²) in [5.41, 5.74) is 0. The van der Waals surface area contributed by atoms with Crippen molar-refractivity contribution in [3.05, 3.63) is 12.3 Å². The van der Waals surface area contributed by atoms with Gasteiger partial charge in [-0.1, -0.05) is 0 Å². The summed E-state index contributed by atoms with van der Waals surface area (Å²) in [5, 5.41) is 0. The Morgan fingerprint density at radius 2 is 2.25 bits per heavy atom. The number of hydrogen-bond acceptors (Lipinski definition) is 2. The van der Waals surface area contributed by atoms with E-state index in [1.807, 2.05) is 13.0 Å². The molecule has 1 atom stereocenters. The predicted molar refractivity (Wildman–Crippen MR) is 35.6 cm³/mol. The molecule has 1 heterocycles. The molecular formula is C6H8N2. The highest BCUT2D eigenvalue weighted by Crippen LogP contribution is 1.92. The molecule has 1 aliphatic heterocycles. The fourth-order valence-electron chi connectivity index (χ4n) is 0.486. The van der Waals surface area contributed by atoms with E-state index in [9.17, 15) is 0 Å². The van der Waals surface area contributed by atoms with Gasteiger partial charge in [0.2, 0.25) is 0 Å². The van der Waals surface area contributed by atoms with Gasteiger partial charge in [-0.05, 0) is 13.0 Å². The lowest BCUT2D eigenvalue weighted by Crippen LogP contribution is -1.89. The summed E-state index contributed by atoms with van der Waals surface area (Å²) in [6, 6.07) is 0.289. The van der Waals surface area contributed by atoms with Crippen molar-refractivity contribution in [3.63, 3.8) is 0 Å². The van der Waals surface area contributed by atoms with Crippen LogP contribution in [-0.2, 0) is 0 Å². The fourth-order valence-corrected chi connectivity index (χ4v) is 0.486. The second kappa shape index (κ2) is 2.40. The Labute approximate surface area is 48.7 Å². The molecule has 0 unspecified atom stereocenters. The summed E-state index contributed by atoms with van der Waals surface area (Å²) >= 11 is 0. The average molecular weight is 108 g/mol. The van der Waals surface area contributed by atoms with Crippen LogP contribution in [-0.4, -0.2) is 18.5 Å². The van der Waals surface area contributed by atoms with Gasteiger partial charge in [-0.2, -0.15) is 0 Å². The minimum Gasteiger partial charge on any atom is -0.284 e. The van der Waals surface area contributed by atoms with E-state index < -0.39 is 0 Å². The largest absolute Gasteiger partial charge is 0.284 e. The van der Waals surface area contributed by atoms with Crippen molar-refractivity contribution >= 4 is 12.4 Å². The first-order valence-electron chi connectivity index (χ1n) is 2.61. The van der Waals surface area contributed by atoms with E-state index >= 15 is 0 Å². The molecule has 42 valence electrons. The molecule has 0 radical (unpaired) electrons. The van der Waals surface area contributed by atoms with E-state index in [0.717, 1.165) is 0 Å². The molecule has 8 heavy (non-hydrogen) atoms. The van der Waals surface area contributed by atoms with Gasteiger partial charge in [0.05, 0.1) is 6.04 Å². The molecule has 0 fully saturated rings. The summed E-state index contributed by atoms with van der Waals surface area (Å²) in [6.45, 7) is 2.02. The molecule has 2 nitrogen and oxygen atoms in total. The van der Waals surface area contributed by atoms with Gasteiger partial charge < -0.3 is 0 Å². The van der Waals surface area contributed by atoms with Gasteiger partial charge in [0.1, 0.15) is 0 Å². The molecule has 0 spiro atoms. The lowest BCUT2D eigenvalue weighted by molar-refractivity contribution is 0.934. The Balaban J connectivity index is 2.66. The Kier molecular flexibility index (Phi) is 1.57. The van der Waals surface area contributed by atoms with E-state index in [1.165, 1.54) is 0 Å². The molecule has 1 aliphatic rings. The van der Waals surface area contributed by atoms with Crippen LogP contribution in [0.3, 0.4) is 0 Å². The second-order valence-corrected chi connectivity index (χ2v) is 1.68. The van der Waals surface area contributed by atoms with Crippen molar-refractivity contribution in [1.29, 1.82) is 0 Å². The normalized spacial score (nSPS) is 25.9. The Morgan fingerprint density at radius 1 is 1.38 bits per heavy atom. The molecule has 0 aromatic carbocycles. The number of aliphatic imine (C=N–C) groups is 2. The maximum absolute atomic E-state index is 4.06. The molecule has 0 amide bonds. The first-order valence-corrected chi connectivity index (χ1v) is 2.61. The van der Waals surface area contributed by atoms with Gasteiger partial charge in [-0.25, -0.2) is 0 Å². The third-order valence-electron chi connectivity index (χ3n) is 0.925. The summed E-state index contributed by atoms with van der Waals surface area (Å²) < 4.78 is 0. The molecule has 0 saturated carbocycles. The zero-order valence-electron chi connectivity index (χ0n) is 4.78. The minimum atomic E-state index is 0.289. The van der Waals surface area contributed by atoms with Crippen molar-refractivity contribution in [1.82, 2.24) is 0 Å². The summed E-state index contributed by atoms with van der Waals surface area (Å²) in [6.07, 6.45) is 7.10. The molecule has 1 rings (SSSR count). The van der Waals surface area contributed by atoms with E-state index in [2.05, 4.69) is 9.98 Å². The third kappa shape index (κ3) is 1.30. The monoisotopic (exact) mass is 108 g/mol. The number of nitrogens with zero attached hydrogens (tertiary/aromatic N) is 2. The standard InChI is InChI=1S/C6H8N2/c1-6-2-3-7-4-5-8-6/h2-6H,1H3/t6-/m0/s1. The molecular weight excluding hydrogens is 100 g/mol. The summed E-state index contributed by atoms with van der Waals surface area (Å²) in [5.74, 6) is 0. The quantitative estimate of drug-likeness (QED) is 0.443. The molecule has 0 bridgehead atoms. The van der Waals surface area contributed by atoms with Gasteiger partial charge in [0.25, 0.3) is 0 Å². The highest BCUT2D eigenvalue weighted by atomic mass is 14.8. The van der Waals surface area contributed by atoms with Crippen LogP contribution in [0.15, 0.2) is 22.3 Å². The van der Waals surface area contributed by atoms with Crippen molar-refractivity contribution in [2.24, 2.45) is 9.98 Å². The van der Waals surface area contributed by atoms with Crippen molar-refractivity contribution in [2.45, 2.75) is 13.0 Å². The number of rotatable bonds is 0. The Morgan fingerprint density at radius 3 is 3.12 bits per heavy atom. The first-order chi connectivity index (χ1) is 3.89. The van der Waals surface area contributed by atoms with E-state index in [-0.39, 0.29) is 6.04 Å². The van der Waals surface area contributed by atoms with E-state index in [4.69, 9.17) is 0 Å². The van der Waals surface area contributed by atoms with E-state index in [0.29, 0.717) is 0 Å². The van der Waals surface area contributed by atoms with Crippen LogP contribution in [0.5, 0.6) is 0 Å². The van der Waals surface area contributed by atoms with Crippen LogP contribution >= 0.6 is 0 Å². The zero-order chi connectivity index (χ0) is 5.82. The topological polar surface area (TPSA) is 24.7 Å². The molecule has 0 N–H and O–H groups in total. The highest BCUT2D eigenvalue weighted by molar-refractivity contribution is 6.16. The Hall–Kier alpha value is -0.920. The molecule has 2 heteroatoms. The zero-order valence-corrected chi connectivity index (χ0v) is 4.78. The number of hydrogen-bond donors (Lipinski definition) is 0. The maximum atomic E-state index is 4.06. The SMILES string of the molecule is C[C@H]1C=CN=CC=N1. The molecule has 0 aliphatic carbocycles. The van der Waals surface area contributed by atoms with Crippen LogP contribution in [0.1, 0.15) is 6.92 Å². The van der Waals surface area contributed by atoms with Crippen LogP contribution in [0, 0.1) is 0 Å². The fraction of sp³-hybridized carbons (Fsp3) is 0.333. The maximum Gasteiger partial charge on any atom is 0.0670 e. The van der Waals surface area contributed by atoms with E-state index in [1.54, 1.807) is 18.6 Å². The predicted octanol–water partition coefficient (Wildman–Crippen LogP) is 1.04. The smallest absolute Gasteiger partial charge is 0.0670 e. The van der Waals surface area contributed by atoms with Gasteiger partial charge in [-0.15, -0.1) is 0 Å². The molecule has 0 saturated heterocycles. The van der Waals surface area contributed by atoms with Gasteiger partial charge >= 0.3 is 0 Å². The van der Waals surface area contributed by atoms with Crippen LogP contribution in [0.2, 0.25) is 0 Å². The summed E-state index contributed by atoms with van der Waals surface area (Å²) in [7, 11) is 0. The first kappa shape index (κ1) is 5.22. The average Bonchev–Trinajstić information content (AvgIpc) is 1.94. The Bertz CT molecular complexity index is 129. The molecule has 0 aromatic rings. The van der Waals surface area contributed by atoms with Crippen molar-refractivity contribution < 1.29 is 0 Å². The van der Waals surface area contributed by atoms with Crippen LogP contribution in [0.4, 0.5) is 0 Å². The van der Waals surface area contributed by atoms with Crippen LogP contribution in [0.25, 0.3) is 0 Å². The third-order valence-corrected chi connectivity index (χ3v) is 0.925. The van der Waals surface area contributed by atoms with Crippen molar-refractivity contribution in [2.75, 3.05) is 0 Å². The lowest BCUT2D eigenvalue weighted by atomic mass is 10.3. The second-order valence-electron chi connectivity index (χ2n) is 1.68. The summed E-state index contributed by atoms with van der Waals surface area (Å²) in [4.78, 5) is 7.93. The highest BCUT2D eigenvalue weighted by Gasteiger charge is 1.88. The lowest BCUT2D eigenvalue weighted by Gasteiger charge is -1.90. The van der Waals surface area contributed by atoms with Gasteiger partial charge in [0.15, 0.2) is 0 Å². The van der Waals surface area contributed by atoms with Gasteiger partial charge in [-0.3, -0.25) is 9.98 Å².